The van der Waals surface area contributed by atoms with E-state index in [2.05, 4.69) is 10.6 Å². The van der Waals surface area contributed by atoms with Crippen LogP contribution in [0.2, 0.25) is 0 Å². The highest BCUT2D eigenvalue weighted by Gasteiger charge is 2.43. The first-order valence-corrected chi connectivity index (χ1v) is 9.59. The second-order valence-corrected chi connectivity index (χ2v) is 7.20. The lowest BCUT2D eigenvalue weighted by molar-refractivity contribution is -0.156. The maximum Gasteiger partial charge on any atom is 0.330 e. The van der Waals surface area contributed by atoms with Crippen molar-refractivity contribution in [3.8, 4) is 0 Å². The first-order chi connectivity index (χ1) is 12.8. The zero-order valence-electron chi connectivity index (χ0n) is 15.4. The van der Waals surface area contributed by atoms with E-state index in [1.807, 2.05) is 6.92 Å². The summed E-state index contributed by atoms with van der Waals surface area (Å²) in [6.45, 7) is 4.44. The minimum atomic E-state index is -0.829. The number of urea groups is 1. The standard InChI is InChI=1S/C17H23N3O6S/c1-4-10(2)18-17(24)19-14(22)8-26-16(23)12-9-27-15(20(12)11(3)21)13-6-5-7-25-13/h5-7,10,12,15H,4,8-9H2,1-3H3,(H2,18,19,22,24)/t10-,12+,15+/m0/s1. The van der Waals surface area contributed by atoms with Crippen LogP contribution in [0.5, 0.6) is 0 Å². The van der Waals surface area contributed by atoms with Crippen molar-refractivity contribution in [1.29, 1.82) is 0 Å². The Morgan fingerprint density at radius 2 is 2.15 bits per heavy atom. The van der Waals surface area contributed by atoms with E-state index in [1.165, 1.54) is 29.8 Å². The Labute approximate surface area is 161 Å². The lowest BCUT2D eigenvalue weighted by Gasteiger charge is -2.25. The molecule has 0 spiro atoms. The summed E-state index contributed by atoms with van der Waals surface area (Å²) in [6.07, 6.45) is 2.21. The predicted molar refractivity (Wildman–Crippen MR) is 97.6 cm³/mol. The van der Waals surface area contributed by atoms with Gasteiger partial charge in [0.1, 0.15) is 17.2 Å². The summed E-state index contributed by atoms with van der Waals surface area (Å²) in [7, 11) is 0. The first kappa shape index (κ1) is 20.8. The summed E-state index contributed by atoms with van der Waals surface area (Å²) in [5.41, 5.74) is 0. The zero-order valence-corrected chi connectivity index (χ0v) is 16.2. The molecule has 2 heterocycles. The van der Waals surface area contributed by atoms with Crippen LogP contribution < -0.4 is 10.6 Å². The average Bonchev–Trinajstić information content (AvgIpc) is 3.28. The average molecular weight is 397 g/mol. The predicted octanol–water partition coefficient (Wildman–Crippen LogP) is 1.41. The number of ether oxygens (including phenoxy) is 1. The minimum absolute atomic E-state index is 0.0847. The van der Waals surface area contributed by atoms with Crippen LogP contribution in [0.1, 0.15) is 38.3 Å². The van der Waals surface area contributed by atoms with Gasteiger partial charge in [-0.05, 0) is 25.5 Å². The Kier molecular flexibility index (Phi) is 7.28. The Morgan fingerprint density at radius 1 is 1.41 bits per heavy atom. The number of carbonyl (C=O) groups is 4. The van der Waals surface area contributed by atoms with Crippen molar-refractivity contribution in [3.05, 3.63) is 24.2 Å². The Bertz CT molecular complexity index is 693. The van der Waals surface area contributed by atoms with Crippen molar-refractivity contribution in [3.63, 3.8) is 0 Å². The highest BCUT2D eigenvalue weighted by Crippen LogP contribution is 2.41. The normalized spacial score (nSPS) is 20.0. The van der Waals surface area contributed by atoms with Gasteiger partial charge in [-0.1, -0.05) is 6.92 Å². The van der Waals surface area contributed by atoms with E-state index in [0.29, 0.717) is 17.9 Å². The number of amides is 4. The minimum Gasteiger partial charge on any atom is -0.466 e. The van der Waals surface area contributed by atoms with Crippen LogP contribution in [0.25, 0.3) is 0 Å². The summed E-state index contributed by atoms with van der Waals surface area (Å²) in [5.74, 6) is -0.874. The molecule has 0 aromatic carbocycles. The molecule has 4 amide bonds. The molecule has 1 saturated heterocycles. The van der Waals surface area contributed by atoms with Crippen LogP contribution in [-0.4, -0.2) is 53.2 Å². The van der Waals surface area contributed by atoms with E-state index in [-0.39, 0.29) is 11.9 Å². The molecule has 0 saturated carbocycles. The van der Waals surface area contributed by atoms with Gasteiger partial charge in [0.2, 0.25) is 5.91 Å². The summed E-state index contributed by atoms with van der Waals surface area (Å²) in [4.78, 5) is 49.1. The summed E-state index contributed by atoms with van der Waals surface area (Å²) in [5, 5.41) is 4.23. The number of hydrogen-bond acceptors (Lipinski definition) is 7. The second kappa shape index (κ2) is 9.45. The SMILES string of the molecule is CC[C@H](C)NC(=O)NC(=O)COC(=O)[C@H]1CS[C@H](c2ccco2)N1C(C)=O. The smallest absolute Gasteiger partial charge is 0.330 e. The topological polar surface area (TPSA) is 118 Å². The van der Waals surface area contributed by atoms with Crippen LogP contribution in [0.15, 0.2) is 22.8 Å². The van der Waals surface area contributed by atoms with Gasteiger partial charge in [0.05, 0.1) is 6.26 Å². The van der Waals surface area contributed by atoms with Crippen molar-refractivity contribution in [1.82, 2.24) is 15.5 Å². The molecular weight excluding hydrogens is 374 g/mol. The van der Waals surface area contributed by atoms with E-state index < -0.39 is 35.9 Å². The van der Waals surface area contributed by atoms with Crippen LogP contribution in [0.4, 0.5) is 4.79 Å². The molecule has 1 aromatic heterocycles. The van der Waals surface area contributed by atoms with Crippen molar-refractivity contribution < 1.29 is 28.3 Å². The van der Waals surface area contributed by atoms with Gasteiger partial charge in [0.25, 0.3) is 5.91 Å². The van der Waals surface area contributed by atoms with E-state index >= 15 is 0 Å². The Hall–Kier alpha value is -2.49. The number of rotatable bonds is 6. The first-order valence-electron chi connectivity index (χ1n) is 8.54. The van der Waals surface area contributed by atoms with Gasteiger partial charge < -0.3 is 19.4 Å². The number of furan rings is 1. The molecule has 1 aliphatic heterocycles. The number of hydrogen-bond donors (Lipinski definition) is 2. The molecule has 0 radical (unpaired) electrons. The van der Waals surface area contributed by atoms with Crippen molar-refractivity contribution in [2.24, 2.45) is 0 Å². The van der Waals surface area contributed by atoms with Crippen LogP contribution >= 0.6 is 11.8 Å². The third-order valence-electron chi connectivity index (χ3n) is 4.01. The lowest BCUT2D eigenvalue weighted by Crippen LogP contribution is -2.46. The van der Waals surface area contributed by atoms with E-state index in [4.69, 9.17) is 9.15 Å². The molecule has 10 heteroatoms. The fourth-order valence-corrected chi connectivity index (χ4v) is 3.90. The van der Waals surface area contributed by atoms with Gasteiger partial charge in [-0.2, -0.15) is 0 Å². The molecule has 9 nitrogen and oxygen atoms in total. The molecule has 2 N–H and O–H groups in total. The molecule has 1 aliphatic rings. The van der Waals surface area contributed by atoms with Crippen LogP contribution in [0.3, 0.4) is 0 Å². The number of thioether (sulfide) groups is 1. The molecule has 27 heavy (non-hydrogen) atoms. The number of carbonyl (C=O) groups excluding carboxylic acids is 4. The third-order valence-corrected chi connectivity index (χ3v) is 5.29. The van der Waals surface area contributed by atoms with Gasteiger partial charge >= 0.3 is 12.0 Å². The van der Waals surface area contributed by atoms with E-state index in [9.17, 15) is 19.2 Å². The number of nitrogens with one attached hydrogen (secondary N) is 2. The fraction of sp³-hybridized carbons (Fsp3) is 0.529. The quantitative estimate of drug-likeness (QED) is 0.697. The molecule has 0 bridgehead atoms. The van der Waals surface area contributed by atoms with E-state index in [1.54, 1.807) is 19.1 Å². The monoisotopic (exact) mass is 397 g/mol. The largest absolute Gasteiger partial charge is 0.466 e. The number of imide groups is 1. The van der Waals surface area contributed by atoms with Gasteiger partial charge in [-0.25, -0.2) is 9.59 Å². The fourth-order valence-electron chi connectivity index (χ4n) is 2.48. The van der Waals surface area contributed by atoms with Gasteiger partial charge in [-0.3, -0.25) is 14.9 Å². The molecule has 1 aromatic rings. The third kappa shape index (κ3) is 5.49. The summed E-state index contributed by atoms with van der Waals surface area (Å²) < 4.78 is 10.3. The molecule has 1 fully saturated rings. The maximum absolute atomic E-state index is 12.3. The molecule has 3 atom stereocenters. The van der Waals surface area contributed by atoms with Crippen LogP contribution in [-0.2, 0) is 19.1 Å². The van der Waals surface area contributed by atoms with Crippen molar-refractivity contribution in [2.45, 2.75) is 44.6 Å². The Balaban J connectivity index is 1.88. The number of nitrogens with zero attached hydrogens (tertiary/aromatic N) is 1. The highest BCUT2D eigenvalue weighted by molar-refractivity contribution is 7.99. The highest BCUT2D eigenvalue weighted by atomic mass is 32.2. The molecule has 2 rings (SSSR count). The molecule has 0 aliphatic carbocycles. The lowest BCUT2D eigenvalue weighted by atomic mass is 10.2. The molecular formula is C17H23N3O6S. The number of esters is 1. The van der Waals surface area contributed by atoms with Gasteiger partial charge in [-0.15, -0.1) is 11.8 Å². The van der Waals surface area contributed by atoms with Gasteiger partial charge in [0, 0.05) is 18.7 Å². The van der Waals surface area contributed by atoms with Gasteiger partial charge in [0.15, 0.2) is 6.61 Å². The maximum atomic E-state index is 12.3. The zero-order chi connectivity index (χ0) is 20.0. The summed E-state index contributed by atoms with van der Waals surface area (Å²) in [6, 6.07) is 1.87. The van der Waals surface area contributed by atoms with Crippen molar-refractivity contribution in [2.75, 3.05) is 12.4 Å². The summed E-state index contributed by atoms with van der Waals surface area (Å²) >= 11 is 1.37. The van der Waals surface area contributed by atoms with Crippen LogP contribution in [0, 0.1) is 0 Å². The van der Waals surface area contributed by atoms with Crippen molar-refractivity contribution >= 4 is 35.6 Å². The molecule has 148 valence electrons. The second-order valence-electron chi connectivity index (χ2n) is 6.08. The molecule has 0 unspecified atom stereocenters. The Morgan fingerprint density at radius 3 is 2.74 bits per heavy atom. The van der Waals surface area contributed by atoms with E-state index in [0.717, 1.165) is 0 Å².